The standard InChI is InChI=1S/C12H18N2O3S/c1-9-2-3-10(17-9)6-14-5-4-13-11-7-18(15,16)8-12(11)14/h2-3,11-13H,4-8H2,1H3/t11-,12-/m0/s1. The molecule has 0 aliphatic carbocycles. The van der Waals surface area contributed by atoms with Crippen molar-refractivity contribution < 1.29 is 12.8 Å². The van der Waals surface area contributed by atoms with Crippen LogP contribution in [0, 0.1) is 6.92 Å². The molecule has 6 heteroatoms. The van der Waals surface area contributed by atoms with Crippen molar-refractivity contribution in [2.45, 2.75) is 25.6 Å². The van der Waals surface area contributed by atoms with Gasteiger partial charge in [-0.15, -0.1) is 0 Å². The first kappa shape index (κ1) is 12.2. The van der Waals surface area contributed by atoms with E-state index in [1.165, 1.54) is 0 Å². The maximum atomic E-state index is 11.7. The molecule has 0 bridgehead atoms. The molecular formula is C12H18N2O3S. The Morgan fingerprint density at radius 3 is 3.00 bits per heavy atom. The number of hydrogen-bond acceptors (Lipinski definition) is 5. The third-order valence-corrected chi connectivity index (χ3v) is 5.47. The zero-order valence-corrected chi connectivity index (χ0v) is 11.2. The van der Waals surface area contributed by atoms with Gasteiger partial charge in [0.25, 0.3) is 0 Å². The highest BCUT2D eigenvalue weighted by Crippen LogP contribution is 2.23. The molecule has 2 atom stereocenters. The quantitative estimate of drug-likeness (QED) is 0.829. The number of nitrogens with one attached hydrogen (secondary N) is 1. The topological polar surface area (TPSA) is 62.6 Å². The second kappa shape index (κ2) is 4.36. The molecule has 0 saturated carbocycles. The Bertz CT molecular complexity index is 537. The molecule has 0 aromatic carbocycles. The molecule has 0 radical (unpaired) electrons. The van der Waals surface area contributed by atoms with Crippen molar-refractivity contribution in [1.29, 1.82) is 0 Å². The Hall–Kier alpha value is -0.850. The van der Waals surface area contributed by atoms with E-state index >= 15 is 0 Å². The fraction of sp³-hybridized carbons (Fsp3) is 0.667. The summed E-state index contributed by atoms with van der Waals surface area (Å²) < 4.78 is 29.0. The molecule has 3 rings (SSSR count). The van der Waals surface area contributed by atoms with Crippen molar-refractivity contribution in [1.82, 2.24) is 10.2 Å². The van der Waals surface area contributed by atoms with E-state index in [2.05, 4.69) is 10.2 Å². The van der Waals surface area contributed by atoms with E-state index in [1.807, 2.05) is 19.1 Å². The molecule has 1 aromatic rings. The third-order valence-electron chi connectivity index (χ3n) is 3.75. The van der Waals surface area contributed by atoms with Crippen LogP contribution >= 0.6 is 0 Å². The predicted molar refractivity (Wildman–Crippen MR) is 68.1 cm³/mol. The van der Waals surface area contributed by atoms with Crippen molar-refractivity contribution in [3.05, 3.63) is 23.7 Å². The molecule has 1 N–H and O–H groups in total. The molecule has 5 nitrogen and oxygen atoms in total. The molecule has 1 aromatic heterocycles. The minimum Gasteiger partial charge on any atom is -0.465 e. The zero-order valence-electron chi connectivity index (χ0n) is 10.4. The molecule has 2 fully saturated rings. The first-order chi connectivity index (χ1) is 8.53. The number of rotatable bonds is 2. The van der Waals surface area contributed by atoms with Gasteiger partial charge in [0.2, 0.25) is 0 Å². The van der Waals surface area contributed by atoms with Crippen LogP contribution < -0.4 is 5.32 Å². The van der Waals surface area contributed by atoms with Crippen LogP contribution in [-0.4, -0.2) is 50.0 Å². The first-order valence-corrected chi connectivity index (χ1v) is 8.09. The van der Waals surface area contributed by atoms with Gasteiger partial charge < -0.3 is 9.73 Å². The highest BCUT2D eigenvalue weighted by atomic mass is 32.2. The van der Waals surface area contributed by atoms with Crippen LogP contribution in [-0.2, 0) is 16.4 Å². The lowest BCUT2D eigenvalue weighted by Crippen LogP contribution is -2.56. The normalized spacial score (nSPS) is 31.4. The monoisotopic (exact) mass is 270 g/mol. The minimum absolute atomic E-state index is 0.0832. The van der Waals surface area contributed by atoms with Crippen LogP contribution in [0.2, 0.25) is 0 Å². The number of aryl methyl sites for hydroxylation is 1. The number of hydrogen-bond donors (Lipinski definition) is 1. The van der Waals surface area contributed by atoms with Gasteiger partial charge in [-0.05, 0) is 19.1 Å². The number of piperazine rings is 1. The second-order valence-corrected chi connectivity index (χ2v) is 7.34. The Morgan fingerprint density at radius 1 is 1.44 bits per heavy atom. The predicted octanol–water partition coefficient (Wildman–Crippen LogP) is 0.159. The average molecular weight is 270 g/mol. The van der Waals surface area contributed by atoms with Crippen molar-refractivity contribution in [2.24, 2.45) is 0 Å². The van der Waals surface area contributed by atoms with E-state index < -0.39 is 9.84 Å². The summed E-state index contributed by atoms with van der Waals surface area (Å²) in [5.74, 6) is 2.35. The van der Waals surface area contributed by atoms with E-state index in [4.69, 9.17) is 4.42 Å². The van der Waals surface area contributed by atoms with Gasteiger partial charge in [-0.1, -0.05) is 0 Å². The van der Waals surface area contributed by atoms with Gasteiger partial charge in [-0.2, -0.15) is 0 Å². The van der Waals surface area contributed by atoms with Crippen molar-refractivity contribution in [2.75, 3.05) is 24.6 Å². The molecule has 0 unspecified atom stereocenters. The minimum atomic E-state index is -2.88. The molecule has 0 amide bonds. The molecule has 3 heterocycles. The van der Waals surface area contributed by atoms with Crippen LogP contribution in [0.15, 0.2) is 16.5 Å². The summed E-state index contributed by atoms with van der Waals surface area (Å²) in [5, 5.41) is 3.31. The lowest BCUT2D eigenvalue weighted by atomic mass is 10.1. The first-order valence-electron chi connectivity index (χ1n) is 6.27. The number of sulfone groups is 1. The summed E-state index contributed by atoms with van der Waals surface area (Å²) in [7, 11) is -2.88. The van der Waals surface area contributed by atoms with E-state index in [0.29, 0.717) is 6.54 Å². The smallest absolute Gasteiger partial charge is 0.153 e. The summed E-state index contributed by atoms with van der Waals surface area (Å²) in [4.78, 5) is 2.23. The third kappa shape index (κ3) is 2.32. The molecule has 2 saturated heterocycles. The Labute approximate surface area is 107 Å². The molecule has 100 valence electrons. The molecule has 18 heavy (non-hydrogen) atoms. The summed E-state index contributed by atoms with van der Waals surface area (Å²) >= 11 is 0. The van der Waals surface area contributed by atoms with Gasteiger partial charge in [0, 0.05) is 25.2 Å². The zero-order chi connectivity index (χ0) is 12.8. The number of fused-ring (bicyclic) bond motifs is 1. The van der Waals surface area contributed by atoms with Crippen molar-refractivity contribution in [3.8, 4) is 0 Å². The number of furan rings is 1. The van der Waals surface area contributed by atoms with Crippen LogP contribution in [0.4, 0.5) is 0 Å². The van der Waals surface area contributed by atoms with Crippen molar-refractivity contribution >= 4 is 9.84 Å². The molecule has 2 aliphatic heterocycles. The van der Waals surface area contributed by atoms with Gasteiger partial charge in [0.15, 0.2) is 9.84 Å². The second-order valence-electron chi connectivity index (χ2n) is 5.19. The van der Waals surface area contributed by atoms with Crippen LogP contribution in [0.1, 0.15) is 11.5 Å². The molecule has 0 spiro atoms. The maximum Gasteiger partial charge on any atom is 0.153 e. The largest absolute Gasteiger partial charge is 0.465 e. The lowest BCUT2D eigenvalue weighted by Gasteiger charge is -2.36. The lowest BCUT2D eigenvalue weighted by molar-refractivity contribution is 0.131. The molecule has 2 aliphatic rings. The number of nitrogens with zero attached hydrogens (tertiary/aromatic N) is 1. The summed E-state index contributed by atoms with van der Waals surface area (Å²) in [6, 6.07) is 4.09. The fourth-order valence-electron chi connectivity index (χ4n) is 2.91. The summed E-state index contributed by atoms with van der Waals surface area (Å²) in [6.45, 7) is 4.34. The van der Waals surface area contributed by atoms with Crippen LogP contribution in [0.3, 0.4) is 0 Å². The maximum absolute atomic E-state index is 11.7. The summed E-state index contributed by atoms with van der Waals surface area (Å²) in [6.07, 6.45) is 0. The summed E-state index contributed by atoms with van der Waals surface area (Å²) in [5.41, 5.74) is 0. The van der Waals surface area contributed by atoms with E-state index in [1.54, 1.807) is 0 Å². The van der Waals surface area contributed by atoms with Gasteiger partial charge in [0.05, 0.1) is 18.1 Å². The average Bonchev–Trinajstić information content (AvgIpc) is 2.81. The van der Waals surface area contributed by atoms with Gasteiger partial charge in [-0.25, -0.2) is 8.42 Å². The Morgan fingerprint density at radius 2 is 2.28 bits per heavy atom. The fourth-order valence-corrected chi connectivity index (χ4v) is 4.90. The van der Waals surface area contributed by atoms with Gasteiger partial charge in [-0.3, -0.25) is 4.90 Å². The Kier molecular flexibility index (Phi) is 2.96. The highest BCUT2D eigenvalue weighted by molar-refractivity contribution is 7.91. The van der Waals surface area contributed by atoms with Crippen LogP contribution in [0.25, 0.3) is 0 Å². The van der Waals surface area contributed by atoms with E-state index in [-0.39, 0.29) is 23.6 Å². The van der Waals surface area contributed by atoms with Gasteiger partial charge >= 0.3 is 0 Å². The van der Waals surface area contributed by atoms with Gasteiger partial charge in [0.1, 0.15) is 11.5 Å². The van der Waals surface area contributed by atoms with Crippen molar-refractivity contribution in [3.63, 3.8) is 0 Å². The van der Waals surface area contributed by atoms with E-state index in [9.17, 15) is 8.42 Å². The van der Waals surface area contributed by atoms with Crippen LogP contribution in [0.5, 0.6) is 0 Å². The highest BCUT2D eigenvalue weighted by Gasteiger charge is 2.42. The Balaban J connectivity index is 1.76. The molecular weight excluding hydrogens is 252 g/mol. The SMILES string of the molecule is Cc1ccc(CN2CCN[C@H]3CS(=O)(=O)C[C@@H]32)o1. The van der Waals surface area contributed by atoms with E-state index in [0.717, 1.165) is 24.6 Å².